The van der Waals surface area contributed by atoms with E-state index in [1.807, 2.05) is 61.5 Å². The van der Waals surface area contributed by atoms with Crippen LogP contribution in [-0.2, 0) is 17.9 Å². The number of hydrogen-bond donors (Lipinski definition) is 1. The van der Waals surface area contributed by atoms with Crippen molar-refractivity contribution in [1.29, 1.82) is 0 Å². The fourth-order valence-electron chi connectivity index (χ4n) is 3.11. The number of hydrogen-bond acceptors (Lipinski definition) is 7. The number of benzene rings is 2. The predicted octanol–water partition coefficient (Wildman–Crippen LogP) is 2.71. The molecule has 0 saturated carbocycles. The first-order valence-electron chi connectivity index (χ1n) is 10.0. The molecule has 0 aliphatic carbocycles. The van der Waals surface area contributed by atoms with Gasteiger partial charge in [0.15, 0.2) is 0 Å². The van der Waals surface area contributed by atoms with Crippen molar-refractivity contribution < 1.29 is 9.53 Å². The third-order valence-electron chi connectivity index (χ3n) is 4.73. The summed E-state index contributed by atoms with van der Waals surface area (Å²) in [4.78, 5) is 13.4. The van der Waals surface area contributed by atoms with Gasteiger partial charge < -0.3 is 4.74 Å². The van der Waals surface area contributed by atoms with Gasteiger partial charge in [-0.1, -0.05) is 54.1 Å². The minimum atomic E-state index is -0.402. The Balaban J connectivity index is 1.37. The van der Waals surface area contributed by atoms with Crippen molar-refractivity contribution in [1.82, 2.24) is 35.4 Å². The summed E-state index contributed by atoms with van der Waals surface area (Å²) in [6.07, 6.45) is 1.47. The van der Waals surface area contributed by atoms with E-state index in [9.17, 15) is 4.79 Å². The van der Waals surface area contributed by atoms with Crippen molar-refractivity contribution in [3.05, 3.63) is 76.6 Å². The smallest absolute Gasteiger partial charge is 0.263 e. The zero-order valence-corrected chi connectivity index (χ0v) is 18.8. The summed E-state index contributed by atoms with van der Waals surface area (Å²) in [5.41, 5.74) is 5.56. The number of methoxy groups -OCH3 is 1. The second-order valence-electron chi connectivity index (χ2n) is 7.10. The quantitative estimate of drug-likeness (QED) is 0.317. The number of nitrogens with one attached hydrogen (secondary N) is 1. The molecule has 168 valence electrons. The molecule has 10 nitrogen and oxygen atoms in total. The molecule has 2 aromatic carbocycles. The number of carbonyl (C=O) groups is 1. The van der Waals surface area contributed by atoms with Crippen LogP contribution in [0.4, 0.5) is 0 Å². The van der Waals surface area contributed by atoms with Crippen molar-refractivity contribution in [3.8, 4) is 17.1 Å². The van der Waals surface area contributed by atoms with E-state index in [4.69, 9.17) is 16.3 Å². The topological polar surface area (TPSA) is 112 Å². The number of nitrogens with zero attached hydrogens (tertiary/aromatic N) is 7. The van der Waals surface area contributed by atoms with E-state index in [-0.39, 0.29) is 6.54 Å². The molecule has 0 radical (unpaired) electrons. The molecular weight excluding hydrogens is 444 g/mol. The van der Waals surface area contributed by atoms with Crippen LogP contribution in [0.5, 0.6) is 5.75 Å². The van der Waals surface area contributed by atoms with Gasteiger partial charge in [-0.25, -0.2) is 10.1 Å². The van der Waals surface area contributed by atoms with Crippen LogP contribution in [-0.4, -0.2) is 49.2 Å². The summed E-state index contributed by atoms with van der Waals surface area (Å²) in [6.45, 7) is 2.17. The van der Waals surface area contributed by atoms with E-state index in [0.29, 0.717) is 28.8 Å². The molecule has 0 saturated heterocycles. The molecular formula is C22H21ClN8O2. The molecule has 0 bridgehead atoms. The number of rotatable bonds is 8. The van der Waals surface area contributed by atoms with Gasteiger partial charge in [0.2, 0.25) is 5.82 Å². The first-order valence-corrected chi connectivity index (χ1v) is 10.4. The number of amides is 1. The average Bonchev–Trinajstić information content (AvgIpc) is 3.39. The van der Waals surface area contributed by atoms with E-state index in [2.05, 4.69) is 31.0 Å². The molecule has 0 unspecified atom stereocenters. The van der Waals surface area contributed by atoms with Crippen LogP contribution in [0.15, 0.2) is 59.7 Å². The molecule has 0 fully saturated rings. The van der Waals surface area contributed by atoms with Gasteiger partial charge in [-0.3, -0.25) is 4.79 Å². The normalized spacial score (nSPS) is 11.1. The third kappa shape index (κ3) is 5.42. The molecule has 33 heavy (non-hydrogen) atoms. The zero-order chi connectivity index (χ0) is 23.2. The first kappa shape index (κ1) is 22.2. The molecule has 2 heterocycles. The molecule has 4 aromatic rings. The van der Waals surface area contributed by atoms with E-state index < -0.39 is 5.91 Å². The van der Waals surface area contributed by atoms with Crippen molar-refractivity contribution in [2.75, 3.05) is 7.11 Å². The van der Waals surface area contributed by atoms with Crippen LogP contribution in [0, 0.1) is 6.92 Å². The van der Waals surface area contributed by atoms with Gasteiger partial charge in [0, 0.05) is 5.56 Å². The summed E-state index contributed by atoms with van der Waals surface area (Å²) in [7, 11) is 1.62. The minimum absolute atomic E-state index is 0.126. The number of aromatic nitrogens is 6. The number of carbonyl (C=O) groups excluding carboxylic acids is 1. The predicted molar refractivity (Wildman–Crippen MR) is 123 cm³/mol. The van der Waals surface area contributed by atoms with Crippen LogP contribution in [0.2, 0.25) is 5.15 Å². The molecule has 2 aromatic heterocycles. The highest BCUT2D eigenvalue weighted by Gasteiger charge is 2.13. The summed E-state index contributed by atoms with van der Waals surface area (Å²) in [6, 6.07) is 17.1. The van der Waals surface area contributed by atoms with Gasteiger partial charge in [-0.05, 0) is 29.8 Å². The summed E-state index contributed by atoms with van der Waals surface area (Å²) in [5, 5.41) is 21.0. The Morgan fingerprint density at radius 2 is 2.00 bits per heavy atom. The van der Waals surface area contributed by atoms with Gasteiger partial charge in [0.05, 0.1) is 31.1 Å². The lowest BCUT2D eigenvalue weighted by atomic mass is 10.2. The molecule has 11 heteroatoms. The van der Waals surface area contributed by atoms with Crippen molar-refractivity contribution in [2.45, 2.75) is 20.0 Å². The van der Waals surface area contributed by atoms with Crippen LogP contribution in [0.25, 0.3) is 11.4 Å². The Bertz CT molecular complexity index is 1280. The van der Waals surface area contributed by atoms with E-state index >= 15 is 0 Å². The lowest BCUT2D eigenvalue weighted by Gasteiger charge is -2.06. The number of tetrazole rings is 1. The fraction of sp³-hybridized carbons (Fsp3) is 0.182. The molecule has 0 aliphatic heterocycles. The average molecular weight is 465 g/mol. The maximum atomic E-state index is 12.2. The third-order valence-corrected chi connectivity index (χ3v) is 5.13. The van der Waals surface area contributed by atoms with Crippen LogP contribution in [0.1, 0.15) is 16.8 Å². The number of aryl methyl sites for hydroxylation is 1. The van der Waals surface area contributed by atoms with Crippen LogP contribution < -0.4 is 10.2 Å². The highest BCUT2D eigenvalue weighted by atomic mass is 35.5. The standard InChI is InChI=1S/C22H21ClN8O2/c1-15-19(21(23)30(27-15)13-16-7-6-10-18(11-16)33-2)12-24-25-20(32)14-31-28-22(26-29-31)17-8-4-3-5-9-17/h3-12H,13-14H2,1-2H3,(H,25,32)/b24-12+. The van der Waals surface area contributed by atoms with Gasteiger partial charge in [-0.15, -0.1) is 10.2 Å². The number of hydrazone groups is 1. The van der Waals surface area contributed by atoms with Crippen molar-refractivity contribution in [3.63, 3.8) is 0 Å². The largest absolute Gasteiger partial charge is 0.497 e. The molecule has 1 amide bonds. The van der Waals surface area contributed by atoms with Gasteiger partial charge in [-0.2, -0.15) is 15.0 Å². The molecule has 0 aliphatic rings. The van der Waals surface area contributed by atoms with Gasteiger partial charge in [0.25, 0.3) is 5.91 Å². The first-order chi connectivity index (χ1) is 16.0. The second-order valence-corrected chi connectivity index (χ2v) is 7.46. The van der Waals surface area contributed by atoms with Crippen molar-refractivity contribution >= 4 is 23.7 Å². The molecule has 1 N–H and O–H groups in total. The Hall–Kier alpha value is -4.05. The van der Waals surface area contributed by atoms with Crippen LogP contribution in [0.3, 0.4) is 0 Å². The maximum absolute atomic E-state index is 12.2. The Kier molecular flexibility index (Phi) is 6.75. The molecule has 4 rings (SSSR count). The van der Waals surface area contributed by atoms with E-state index in [1.54, 1.807) is 11.8 Å². The Labute approximate surface area is 194 Å². The second kappa shape index (κ2) is 10.0. The highest BCUT2D eigenvalue weighted by molar-refractivity contribution is 6.32. The van der Waals surface area contributed by atoms with Gasteiger partial charge in [0.1, 0.15) is 17.4 Å². The van der Waals surface area contributed by atoms with E-state index in [0.717, 1.165) is 16.9 Å². The van der Waals surface area contributed by atoms with E-state index in [1.165, 1.54) is 11.0 Å². The number of ether oxygens (including phenoxy) is 1. The Morgan fingerprint density at radius 1 is 1.18 bits per heavy atom. The molecule has 0 atom stereocenters. The minimum Gasteiger partial charge on any atom is -0.497 e. The zero-order valence-electron chi connectivity index (χ0n) is 18.0. The fourth-order valence-corrected chi connectivity index (χ4v) is 3.39. The van der Waals surface area contributed by atoms with Crippen molar-refractivity contribution in [2.24, 2.45) is 5.10 Å². The lowest BCUT2D eigenvalue weighted by molar-refractivity contribution is -0.122. The maximum Gasteiger partial charge on any atom is 0.263 e. The monoisotopic (exact) mass is 464 g/mol. The van der Waals surface area contributed by atoms with Gasteiger partial charge >= 0.3 is 0 Å². The summed E-state index contributed by atoms with van der Waals surface area (Å²) in [5.74, 6) is 0.799. The summed E-state index contributed by atoms with van der Waals surface area (Å²) < 4.78 is 6.92. The highest BCUT2D eigenvalue weighted by Crippen LogP contribution is 2.20. The molecule has 0 spiro atoms. The summed E-state index contributed by atoms with van der Waals surface area (Å²) >= 11 is 6.49. The van der Waals surface area contributed by atoms with Crippen LogP contribution >= 0.6 is 11.6 Å². The lowest BCUT2D eigenvalue weighted by Crippen LogP contribution is -2.24. The Morgan fingerprint density at radius 3 is 2.79 bits per heavy atom. The number of halogens is 1. The SMILES string of the molecule is COc1cccc(Cn2nc(C)c(/C=N/NC(=O)Cn3nnc(-c4ccccc4)n3)c2Cl)c1.